The second kappa shape index (κ2) is 7.89. The molecular weight excluding hydrogens is 364 g/mol. The number of benzene rings is 2. The van der Waals surface area contributed by atoms with Crippen molar-refractivity contribution in [2.45, 2.75) is 6.54 Å². The first-order valence-corrected chi connectivity index (χ1v) is 8.77. The molecule has 0 saturated carbocycles. The van der Waals surface area contributed by atoms with Crippen LogP contribution in [0.25, 0.3) is 10.2 Å². The Morgan fingerprint density at radius 3 is 2.48 bits per heavy atom. The van der Waals surface area contributed by atoms with E-state index in [1.807, 2.05) is 0 Å². The van der Waals surface area contributed by atoms with Crippen molar-refractivity contribution in [2.24, 2.45) is 4.99 Å². The van der Waals surface area contributed by atoms with Gasteiger partial charge in [0.1, 0.15) is 5.75 Å². The minimum Gasteiger partial charge on any atom is -0.497 e. The van der Waals surface area contributed by atoms with E-state index in [0.717, 1.165) is 10.2 Å². The van der Waals surface area contributed by atoms with E-state index >= 15 is 0 Å². The van der Waals surface area contributed by atoms with Crippen molar-refractivity contribution in [3.63, 3.8) is 0 Å². The summed E-state index contributed by atoms with van der Waals surface area (Å²) in [5.74, 6) is 2.41. The van der Waals surface area contributed by atoms with E-state index < -0.39 is 5.97 Å². The maximum absolute atomic E-state index is 12.5. The molecule has 6 nitrogen and oxygen atoms in total. The van der Waals surface area contributed by atoms with Crippen LogP contribution in [-0.4, -0.2) is 30.7 Å². The maximum atomic E-state index is 12.5. The summed E-state index contributed by atoms with van der Waals surface area (Å²) in [7, 11) is 2.89. The number of carbonyl (C=O) groups is 2. The lowest BCUT2D eigenvalue weighted by Gasteiger charge is -2.02. The zero-order valence-corrected chi connectivity index (χ0v) is 15.6. The Labute approximate surface area is 159 Å². The van der Waals surface area contributed by atoms with Gasteiger partial charge in [0.05, 0.1) is 36.5 Å². The number of methoxy groups -OCH3 is 2. The Kier molecular flexibility index (Phi) is 5.38. The van der Waals surface area contributed by atoms with Crippen molar-refractivity contribution < 1.29 is 19.1 Å². The molecule has 2 aromatic carbocycles. The normalized spacial score (nSPS) is 11.2. The first-order chi connectivity index (χ1) is 13.1. The lowest BCUT2D eigenvalue weighted by Crippen LogP contribution is -2.16. The Morgan fingerprint density at radius 2 is 1.85 bits per heavy atom. The third kappa shape index (κ3) is 3.76. The highest BCUT2D eigenvalue weighted by molar-refractivity contribution is 7.16. The quantitative estimate of drug-likeness (QED) is 0.516. The van der Waals surface area contributed by atoms with Crippen molar-refractivity contribution in [3.8, 4) is 18.1 Å². The fourth-order valence-electron chi connectivity index (χ4n) is 2.53. The summed E-state index contributed by atoms with van der Waals surface area (Å²) in [6.45, 7) is 0.256. The molecule has 0 radical (unpaired) electrons. The molecule has 27 heavy (non-hydrogen) atoms. The van der Waals surface area contributed by atoms with Gasteiger partial charge in [0.2, 0.25) is 0 Å². The maximum Gasteiger partial charge on any atom is 0.337 e. The topological polar surface area (TPSA) is 69.9 Å². The molecule has 0 bridgehead atoms. The summed E-state index contributed by atoms with van der Waals surface area (Å²) in [4.78, 5) is 29.0. The molecule has 0 unspecified atom stereocenters. The summed E-state index contributed by atoms with van der Waals surface area (Å²) >= 11 is 1.28. The first-order valence-electron chi connectivity index (χ1n) is 7.95. The molecule has 3 aromatic rings. The van der Waals surface area contributed by atoms with E-state index in [1.165, 1.54) is 18.4 Å². The summed E-state index contributed by atoms with van der Waals surface area (Å²) in [6.07, 6.45) is 5.47. The third-order valence-corrected chi connectivity index (χ3v) is 4.93. The average molecular weight is 380 g/mol. The minimum atomic E-state index is -0.429. The number of amides is 1. The molecule has 0 aliphatic carbocycles. The van der Waals surface area contributed by atoms with Gasteiger partial charge in [-0.05, 0) is 42.5 Å². The van der Waals surface area contributed by atoms with Gasteiger partial charge in [-0.2, -0.15) is 4.99 Å². The number of fused-ring (bicyclic) bond motifs is 1. The SMILES string of the molecule is C#CCn1c(=NC(=O)c2ccc(OC)cc2)sc2cc(C(=O)OC)ccc21. The zero-order valence-electron chi connectivity index (χ0n) is 14.8. The number of hydrogen-bond donors (Lipinski definition) is 0. The zero-order chi connectivity index (χ0) is 19.4. The molecule has 1 amide bonds. The number of thiazole rings is 1. The van der Waals surface area contributed by atoms with E-state index in [-0.39, 0.29) is 12.5 Å². The average Bonchev–Trinajstić information content (AvgIpc) is 3.04. The van der Waals surface area contributed by atoms with Gasteiger partial charge >= 0.3 is 5.97 Å². The van der Waals surface area contributed by atoms with E-state index in [2.05, 4.69) is 10.9 Å². The van der Waals surface area contributed by atoms with Crippen LogP contribution in [0.1, 0.15) is 20.7 Å². The molecule has 7 heteroatoms. The molecule has 0 N–H and O–H groups in total. The number of esters is 1. The highest BCUT2D eigenvalue weighted by Gasteiger charge is 2.12. The smallest absolute Gasteiger partial charge is 0.337 e. The number of rotatable bonds is 4. The molecule has 0 fully saturated rings. The Hall–Kier alpha value is -3.37. The van der Waals surface area contributed by atoms with Crippen LogP contribution in [0.5, 0.6) is 5.75 Å². The van der Waals surface area contributed by atoms with Gasteiger partial charge in [0.15, 0.2) is 4.80 Å². The largest absolute Gasteiger partial charge is 0.497 e. The number of ether oxygens (including phenoxy) is 2. The highest BCUT2D eigenvalue weighted by atomic mass is 32.1. The molecule has 0 saturated heterocycles. The van der Waals surface area contributed by atoms with Crippen molar-refractivity contribution in [1.82, 2.24) is 4.57 Å². The predicted octanol–water partition coefficient (Wildman–Crippen LogP) is 2.87. The number of terminal acetylenes is 1. The van der Waals surface area contributed by atoms with Gasteiger partial charge in [-0.3, -0.25) is 4.79 Å². The molecule has 0 aliphatic rings. The van der Waals surface area contributed by atoms with Crippen LogP contribution < -0.4 is 9.54 Å². The van der Waals surface area contributed by atoms with E-state index in [9.17, 15) is 9.59 Å². The number of hydrogen-bond acceptors (Lipinski definition) is 5. The fraction of sp³-hybridized carbons (Fsp3) is 0.150. The Balaban J connectivity index is 2.09. The summed E-state index contributed by atoms with van der Waals surface area (Å²) in [5.41, 5.74) is 1.66. The number of carbonyl (C=O) groups excluding carboxylic acids is 2. The predicted molar refractivity (Wildman–Crippen MR) is 103 cm³/mol. The second-order valence-electron chi connectivity index (χ2n) is 5.49. The van der Waals surface area contributed by atoms with E-state index in [0.29, 0.717) is 21.7 Å². The fourth-order valence-corrected chi connectivity index (χ4v) is 3.60. The lowest BCUT2D eigenvalue weighted by atomic mass is 10.2. The van der Waals surface area contributed by atoms with E-state index in [1.54, 1.807) is 54.1 Å². The molecule has 136 valence electrons. The lowest BCUT2D eigenvalue weighted by molar-refractivity contribution is 0.0601. The van der Waals surface area contributed by atoms with Gasteiger partial charge in [0.25, 0.3) is 5.91 Å². The van der Waals surface area contributed by atoms with Gasteiger partial charge in [0, 0.05) is 5.56 Å². The summed E-state index contributed by atoms with van der Waals surface area (Å²) in [6, 6.07) is 11.8. The van der Waals surface area contributed by atoms with Crippen LogP contribution in [0.15, 0.2) is 47.5 Å². The van der Waals surface area contributed by atoms with Gasteiger partial charge in [-0.1, -0.05) is 17.3 Å². The molecule has 3 rings (SSSR count). The molecular formula is C20H16N2O4S. The second-order valence-corrected chi connectivity index (χ2v) is 6.50. The Bertz CT molecular complexity index is 1120. The van der Waals surface area contributed by atoms with Crippen LogP contribution in [0, 0.1) is 12.3 Å². The van der Waals surface area contributed by atoms with Crippen LogP contribution in [0.4, 0.5) is 0 Å². The van der Waals surface area contributed by atoms with E-state index in [4.69, 9.17) is 15.9 Å². The standard InChI is InChI=1S/C20H16N2O4S/c1-4-11-22-16-10-7-14(19(24)26-3)12-17(16)27-20(22)21-18(23)13-5-8-15(25-2)9-6-13/h1,5-10,12H,11H2,2-3H3. The van der Waals surface area contributed by atoms with Gasteiger partial charge in [-0.15, -0.1) is 6.42 Å². The number of aromatic nitrogens is 1. The van der Waals surface area contributed by atoms with Crippen LogP contribution in [-0.2, 0) is 11.3 Å². The van der Waals surface area contributed by atoms with Crippen molar-refractivity contribution in [3.05, 3.63) is 58.4 Å². The third-order valence-electron chi connectivity index (χ3n) is 3.89. The van der Waals surface area contributed by atoms with Crippen LogP contribution in [0.2, 0.25) is 0 Å². The molecule has 1 heterocycles. The van der Waals surface area contributed by atoms with Gasteiger partial charge < -0.3 is 14.0 Å². The van der Waals surface area contributed by atoms with Crippen molar-refractivity contribution in [2.75, 3.05) is 14.2 Å². The van der Waals surface area contributed by atoms with Crippen LogP contribution >= 0.6 is 11.3 Å². The monoisotopic (exact) mass is 380 g/mol. The molecule has 0 atom stereocenters. The highest BCUT2D eigenvalue weighted by Crippen LogP contribution is 2.20. The summed E-state index contributed by atoms with van der Waals surface area (Å²) < 4.78 is 12.4. The Morgan fingerprint density at radius 1 is 1.15 bits per heavy atom. The van der Waals surface area contributed by atoms with Gasteiger partial charge in [-0.25, -0.2) is 4.79 Å². The van der Waals surface area contributed by atoms with Crippen molar-refractivity contribution in [1.29, 1.82) is 0 Å². The summed E-state index contributed by atoms with van der Waals surface area (Å²) in [5, 5.41) is 0. The number of nitrogens with zero attached hydrogens (tertiary/aromatic N) is 2. The first kappa shape index (κ1) is 18.4. The molecule has 0 spiro atoms. The molecule has 1 aromatic heterocycles. The van der Waals surface area contributed by atoms with Crippen molar-refractivity contribution >= 4 is 33.4 Å². The van der Waals surface area contributed by atoms with Crippen LogP contribution in [0.3, 0.4) is 0 Å². The minimum absolute atomic E-state index is 0.256. The molecule has 0 aliphatic heterocycles.